The monoisotopic (exact) mass is 374 g/mol. The average molecular weight is 375 g/mol. The largest absolute Gasteiger partial charge is 0.392 e. The minimum absolute atomic E-state index is 0.00641. The predicted molar refractivity (Wildman–Crippen MR) is 88.1 cm³/mol. The van der Waals surface area contributed by atoms with Crippen molar-refractivity contribution < 1.29 is 22.5 Å². The molecule has 2 rings (SSSR count). The van der Waals surface area contributed by atoms with Gasteiger partial charge >= 0.3 is 16.1 Å². The Morgan fingerprint density at radius 1 is 1.04 bits per heavy atom. The molecular weight excluding hydrogens is 363 g/mol. The molecule has 0 aliphatic rings. The van der Waals surface area contributed by atoms with Crippen molar-refractivity contribution in [1.29, 1.82) is 0 Å². The van der Waals surface area contributed by atoms with Crippen molar-refractivity contribution in [2.45, 2.75) is 6.61 Å². The molecule has 0 heterocycles. The fraction of sp³-hybridized carbons (Fsp3) is 0.133. The van der Waals surface area contributed by atoms with Gasteiger partial charge in [-0.15, -0.1) is 0 Å². The highest BCUT2D eigenvalue weighted by molar-refractivity contribution is 7.86. The summed E-state index contributed by atoms with van der Waals surface area (Å²) in [5.41, 5.74) is 1.57. The van der Waals surface area contributed by atoms with Gasteiger partial charge in [0, 0.05) is 10.0 Å². The first-order valence-corrected chi connectivity index (χ1v) is 8.90. The molecule has 0 aliphatic heterocycles. The summed E-state index contributed by atoms with van der Waals surface area (Å²) in [5, 5.41) is 10.1. The Balaban J connectivity index is 2.53. The first-order chi connectivity index (χ1) is 10.7. The second-order valence-electron chi connectivity index (χ2n) is 4.81. The molecule has 0 radical (unpaired) electrons. The molecule has 0 amide bonds. The first-order valence-electron chi connectivity index (χ1n) is 6.33. The Bertz CT molecular complexity index is 842. The van der Waals surface area contributed by atoms with Crippen molar-refractivity contribution in [1.82, 2.24) is 0 Å². The van der Waals surface area contributed by atoms with Gasteiger partial charge in [-0.05, 0) is 53.1 Å². The summed E-state index contributed by atoms with van der Waals surface area (Å²) in [6.07, 6.45) is 0.776. The van der Waals surface area contributed by atoms with Gasteiger partial charge in [0.2, 0.25) is 0 Å². The number of carbonyl (C=O) groups excluding carboxylic acids is 1. The van der Waals surface area contributed by atoms with Crippen molar-refractivity contribution >= 4 is 39.3 Å². The Morgan fingerprint density at radius 2 is 1.61 bits per heavy atom. The summed E-state index contributed by atoms with van der Waals surface area (Å²) in [5.74, 6) is -1.03. The molecule has 2 aromatic rings. The molecule has 0 fully saturated rings. The molecule has 23 heavy (non-hydrogen) atoms. The zero-order valence-corrected chi connectivity index (χ0v) is 14.2. The molecule has 0 bridgehead atoms. The van der Waals surface area contributed by atoms with E-state index in [2.05, 4.69) is 4.18 Å². The molecule has 0 aromatic heterocycles. The van der Waals surface area contributed by atoms with Gasteiger partial charge in [0.1, 0.15) is 0 Å². The lowest BCUT2D eigenvalue weighted by Crippen LogP contribution is -2.12. The zero-order valence-electron chi connectivity index (χ0n) is 11.9. The van der Waals surface area contributed by atoms with E-state index in [0.29, 0.717) is 26.7 Å². The van der Waals surface area contributed by atoms with E-state index in [4.69, 9.17) is 23.2 Å². The van der Waals surface area contributed by atoms with Crippen molar-refractivity contribution in [3.8, 4) is 11.1 Å². The quantitative estimate of drug-likeness (QED) is 0.830. The average Bonchev–Trinajstić information content (AvgIpc) is 2.44. The van der Waals surface area contributed by atoms with Gasteiger partial charge in [-0.3, -0.25) is 0 Å². The minimum Gasteiger partial charge on any atom is -0.392 e. The number of aliphatic hydroxyl groups excluding tert-OH is 1. The number of halogens is 2. The van der Waals surface area contributed by atoms with Crippen molar-refractivity contribution in [3.05, 3.63) is 57.6 Å². The van der Waals surface area contributed by atoms with Crippen LogP contribution in [0.3, 0.4) is 0 Å². The van der Waals surface area contributed by atoms with Crippen LogP contribution in [0.4, 0.5) is 0 Å². The summed E-state index contributed by atoms with van der Waals surface area (Å²) in [6, 6.07) is 9.25. The van der Waals surface area contributed by atoms with Crippen LogP contribution in [0.2, 0.25) is 10.0 Å². The molecule has 0 saturated heterocycles. The van der Waals surface area contributed by atoms with Crippen LogP contribution in [0, 0.1) is 0 Å². The molecule has 1 N–H and O–H groups in total. The third kappa shape index (κ3) is 4.94. The molecule has 5 nitrogen and oxygen atoms in total. The van der Waals surface area contributed by atoms with Crippen molar-refractivity contribution in [2.75, 3.05) is 6.26 Å². The van der Waals surface area contributed by atoms with Crippen LogP contribution < -0.4 is 0 Å². The number of rotatable bonds is 4. The number of carbonyl (C=O) groups is 1. The van der Waals surface area contributed by atoms with Crippen LogP contribution in [0.25, 0.3) is 11.1 Å². The lowest BCUT2D eigenvalue weighted by atomic mass is 10.00. The van der Waals surface area contributed by atoms with Crippen molar-refractivity contribution in [2.24, 2.45) is 0 Å². The lowest BCUT2D eigenvalue weighted by molar-refractivity contribution is 0.0748. The van der Waals surface area contributed by atoms with Gasteiger partial charge in [0.25, 0.3) is 0 Å². The number of aliphatic hydroxyl groups is 1. The normalized spacial score (nSPS) is 11.3. The molecule has 0 atom stereocenters. The maximum absolute atomic E-state index is 11.9. The first kappa shape index (κ1) is 17.7. The van der Waals surface area contributed by atoms with Gasteiger partial charge in [0.05, 0.1) is 18.4 Å². The van der Waals surface area contributed by atoms with E-state index in [0.717, 1.165) is 6.26 Å². The molecule has 122 valence electrons. The standard InChI is InChI=1S/C15H12Cl2O5S/c1-23(20,21)22-15(19)12-3-9(8-18)2-10(4-12)11-5-13(16)7-14(17)6-11/h2-7,18H,8H2,1H3. The van der Waals surface area contributed by atoms with E-state index in [1.54, 1.807) is 24.3 Å². The van der Waals surface area contributed by atoms with E-state index in [9.17, 15) is 18.3 Å². The zero-order chi connectivity index (χ0) is 17.2. The number of hydrogen-bond donors (Lipinski definition) is 1. The van der Waals surface area contributed by atoms with Gasteiger partial charge in [-0.2, -0.15) is 8.42 Å². The fourth-order valence-electron chi connectivity index (χ4n) is 1.97. The van der Waals surface area contributed by atoms with Crippen LogP contribution in [0.5, 0.6) is 0 Å². The number of benzene rings is 2. The molecule has 2 aromatic carbocycles. The second kappa shape index (κ2) is 6.88. The number of hydrogen-bond acceptors (Lipinski definition) is 5. The summed E-state index contributed by atoms with van der Waals surface area (Å²) in [4.78, 5) is 11.9. The molecule has 0 aliphatic carbocycles. The molecular formula is C15H12Cl2O5S. The topological polar surface area (TPSA) is 80.7 Å². The maximum Gasteiger partial charge on any atom is 0.353 e. The van der Waals surface area contributed by atoms with Gasteiger partial charge in [-0.25, -0.2) is 4.79 Å². The van der Waals surface area contributed by atoms with Crippen LogP contribution in [-0.2, 0) is 20.9 Å². The smallest absolute Gasteiger partial charge is 0.353 e. The lowest BCUT2D eigenvalue weighted by Gasteiger charge is -2.09. The summed E-state index contributed by atoms with van der Waals surface area (Å²) < 4.78 is 26.5. The Morgan fingerprint density at radius 3 is 2.13 bits per heavy atom. The van der Waals surface area contributed by atoms with Crippen LogP contribution >= 0.6 is 23.2 Å². The maximum atomic E-state index is 11.9. The summed E-state index contributed by atoms with van der Waals surface area (Å²) in [7, 11) is -3.94. The van der Waals surface area contributed by atoms with E-state index in [1.807, 2.05) is 0 Å². The van der Waals surface area contributed by atoms with E-state index >= 15 is 0 Å². The van der Waals surface area contributed by atoms with E-state index in [-0.39, 0.29) is 12.2 Å². The minimum atomic E-state index is -3.94. The highest BCUT2D eigenvalue weighted by Crippen LogP contribution is 2.29. The fourth-order valence-corrected chi connectivity index (χ4v) is 2.87. The third-order valence-corrected chi connectivity index (χ3v) is 3.72. The Kier molecular flexibility index (Phi) is 5.31. The molecule has 0 spiro atoms. The Labute approximate surface area is 143 Å². The Hall–Kier alpha value is -1.60. The van der Waals surface area contributed by atoms with Crippen molar-refractivity contribution in [3.63, 3.8) is 0 Å². The van der Waals surface area contributed by atoms with E-state index < -0.39 is 16.1 Å². The second-order valence-corrected chi connectivity index (χ2v) is 7.26. The molecule has 8 heteroatoms. The molecule has 0 saturated carbocycles. The predicted octanol–water partition coefficient (Wildman–Crippen LogP) is 3.27. The van der Waals surface area contributed by atoms with Gasteiger partial charge in [-0.1, -0.05) is 23.2 Å². The van der Waals surface area contributed by atoms with E-state index in [1.165, 1.54) is 12.1 Å². The van der Waals surface area contributed by atoms with Gasteiger partial charge in [0.15, 0.2) is 0 Å². The third-order valence-electron chi connectivity index (χ3n) is 2.83. The highest BCUT2D eigenvalue weighted by Gasteiger charge is 2.16. The van der Waals surface area contributed by atoms with Crippen LogP contribution in [0.1, 0.15) is 15.9 Å². The molecule has 0 unspecified atom stereocenters. The SMILES string of the molecule is CS(=O)(=O)OC(=O)c1cc(CO)cc(-c2cc(Cl)cc(Cl)c2)c1. The summed E-state index contributed by atoms with van der Waals surface area (Å²) in [6.45, 7) is -0.332. The van der Waals surface area contributed by atoms with Gasteiger partial charge < -0.3 is 9.29 Å². The van der Waals surface area contributed by atoms with Crippen LogP contribution in [-0.4, -0.2) is 25.7 Å². The van der Waals surface area contributed by atoms with Crippen LogP contribution in [0.15, 0.2) is 36.4 Å². The highest BCUT2D eigenvalue weighted by atomic mass is 35.5. The summed E-state index contributed by atoms with van der Waals surface area (Å²) >= 11 is 11.9.